The first-order valence-corrected chi connectivity index (χ1v) is 6.10. The van der Waals surface area contributed by atoms with Gasteiger partial charge < -0.3 is 14.8 Å². The van der Waals surface area contributed by atoms with E-state index in [1.807, 2.05) is 0 Å². The number of urea groups is 1. The fraction of sp³-hybridized carbons (Fsp3) is 0.167. The number of imide groups is 1. The average Bonchev–Trinajstić information content (AvgIpc) is 2.67. The molecule has 0 saturated carbocycles. The van der Waals surface area contributed by atoms with Gasteiger partial charge in [0.1, 0.15) is 5.70 Å². The van der Waals surface area contributed by atoms with E-state index in [0.29, 0.717) is 17.1 Å². The molecule has 100 valence electrons. The van der Waals surface area contributed by atoms with E-state index in [9.17, 15) is 9.59 Å². The van der Waals surface area contributed by atoms with Gasteiger partial charge in [-0.05, 0) is 18.2 Å². The van der Waals surface area contributed by atoms with Crippen LogP contribution in [0.25, 0.3) is 6.08 Å². The largest absolute Gasteiger partial charge is 0.493 e. The van der Waals surface area contributed by atoms with Gasteiger partial charge in [0.15, 0.2) is 11.5 Å². The number of methoxy groups -OCH3 is 2. The second kappa shape index (κ2) is 5.31. The van der Waals surface area contributed by atoms with E-state index in [-0.39, 0.29) is 5.70 Å². The Morgan fingerprint density at radius 3 is 2.42 bits per heavy atom. The Labute approximate surface area is 117 Å². The molecule has 0 radical (unpaired) electrons. The lowest BCUT2D eigenvalue weighted by atomic mass is 10.1. The van der Waals surface area contributed by atoms with Crippen molar-refractivity contribution in [3.8, 4) is 11.5 Å². The maximum absolute atomic E-state index is 11.5. The number of ether oxygens (including phenoxy) is 2. The van der Waals surface area contributed by atoms with Gasteiger partial charge in [-0.25, -0.2) is 4.79 Å². The number of halogens is 1. The molecule has 1 aromatic carbocycles. The quantitative estimate of drug-likeness (QED) is 0.654. The van der Waals surface area contributed by atoms with Crippen molar-refractivity contribution in [3.05, 3.63) is 27.9 Å². The van der Waals surface area contributed by atoms with Crippen molar-refractivity contribution < 1.29 is 19.1 Å². The smallest absolute Gasteiger partial charge is 0.326 e. The Hall–Kier alpha value is -2.02. The van der Waals surface area contributed by atoms with Gasteiger partial charge in [-0.3, -0.25) is 10.1 Å². The van der Waals surface area contributed by atoms with Gasteiger partial charge in [0, 0.05) is 10.0 Å². The molecule has 7 heteroatoms. The highest BCUT2D eigenvalue weighted by atomic mass is 79.9. The predicted octanol–water partition coefficient (Wildman–Crippen LogP) is 1.65. The molecule has 0 bridgehead atoms. The molecule has 2 N–H and O–H groups in total. The summed E-state index contributed by atoms with van der Waals surface area (Å²) < 4.78 is 11.2. The topological polar surface area (TPSA) is 76.7 Å². The van der Waals surface area contributed by atoms with Gasteiger partial charge in [0.05, 0.1) is 14.2 Å². The molecule has 1 aromatic rings. The lowest BCUT2D eigenvalue weighted by Crippen LogP contribution is -2.22. The van der Waals surface area contributed by atoms with Gasteiger partial charge in [0.25, 0.3) is 5.91 Å². The van der Waals surface area contributed by atoms with Gasteiger partial charge in [0.2, 0.25) is 0 Å². The summed E-state index contributed by atoms with van der Waals surface area (Å²) in [6.45, 7) is 0. The zero-order chi connectivity index (χ0) is 14.0. The van der Waals surface area contributed by atoms with Crippen molar-refractivity contribution in [1.29, 1.82) is 0 Å². The minimum Gasteiger partial charge on any atom is -0.493 e. The minimum atomic E-state index is -0.544. The van der Waals surface area contributed by atoms with E-state index in [2.05, 4.69) is 26.6 Å². The van der Waals surface area contributed by atoms with Crippen LogP contribution in [0.15, 0.2) is 22.3 Å². The second-order valence-corrected chi connectivity index (χ2v) is 4.61. The molecule has 1 fully saturated rings. The van der Waals surface area contributed by atoms with Gasteiger partial charge >= 0.3 is 6.03 Å². The van der Waals surface area contributed by atoms with Gasteiger partial charge in [-0.15, -0.1) is 0 Å². The molecular weight excluding hydrogens is 316 g/mol. The third-order valence-electron chi connectivity index (χ3n) is 2.49. The zero-order valence-corrected chi connectivity index (χ0v) is 11.8. The fourth-order valence-corrected chi connectivity index (χ4v) is 2.16. The number of hydrogen-bond acceptors (Lipinski definition) is 4. The van der Waals surface area contributed by atoms with Crippen LogP contribution in [-0.4, -0.2) is 26.2 Å². The summed E-state index contributed by atoms with van der Waals surface area (Å²) >= 11 is 3.34. The third kappa shape index (κ3) is 2.70. The molecule has 0 unspecified atom stereocenters. The van der Waals surface area contributed by atoms with Crippen LogP contribution in [0.4, 0.5) is 4.79 Å². The van der Waals surface area contributed by atoms with Crippen LogP contribution in [0.2, 0.25) is 0 Å². The maximum Gasteiger partial charge on any atom is 0.326 e. The Balaban J connectivity index is 2.50. The van der Waals surface area contributed by atoms with E-state index in [0.717, 1.165) is 4.47 Å². The van der Waals surface area contributed by atoms with Crippen LogP contribution in [0.1, 0.15) is 5.56 Å². The molecule has 1 aliphatic heterocycles. The van der Waals surface area contributed by atoms with Crippen LogP contribution in [-0.2, 0) is 4.79 Å². The second-order valence-electron chi connectivity index (χ2n) is 3.70. The Bertz CT molecular complexity index is 583. The summed E-state index contributed by atoms with van der Waals surface area (Å²) in [6.07, 6.45) is 1.52. The van der Waals surface area contributed by atoms with Crippen LogP contribution < -0.4 is 20.1 Å². The van der Waals surface area contributed by atoms with Crippen molar-refractivity contribution in [2.24, 2.45) is 0 Å². The Kier molecular flexibility index (Phi) is 3.75. The first-order chi connectivity index (χ1) is 9.05. The monoisotopic (exact) mass is 326 g/mol. The molecule has 2 rings (SSSR count). The normalized spacial score (nSPS) is 16.3. The summed E-state index contributed by atoms with van der Waals surface area (Å²) in [5, 5.41) is 4.54. The maximum atomic E-state index is 11.5. The first-order valence-electron chi connectivity index (χ1n) is 5.30. The summed E-state index contributed by atoms with van der Waals surface area (Å²) in [4.78, 5) is 22.5. The van der Waals surface area contributed by atoms with Gasteiger partial charge in [-0.1, -0.05) is 15.9 Å². The number of rotatable bonds is 3. The van der Waals surface area contributed by atoms with Crippen molar-refractivity contribution in [2.75, 3.05) is 14.2 Å². The lowest BCUT2D eigenvalue weighted by molar-refractivity contribution is -0.115. The van der Waals surface area contributed by atoms with Gasteiger partial charge in [-0.2, -0.15) is 0 Å². The molecule has 19 heavy (non-hydrogen) atoms. The summed E-state index contributed by atoms with van der Waals surface area (Å²) in [6, 6.07) is 2.96. The summed E-state index contributed by atoms with van der Waals surface area (Å²) in [5.74, 6) is 0.520. The highest BCUT2D eigenvalue weighted by Crippen LogP contribution is 2.35. The number of nitrogens with one attached hydrogen (secondary N) is 2. The predicted molar refractivity (Wildman–Crippen MR) is 71.9 cm³/mol. The molecule has 0 spiro atoms. The highest BCUT2D eigenvalue weighted by molar-refractivity contribution is 9.10. The van der Waals surface area contributed by atoms with Crippen molar-refractivity contribution in [2.45, 2.75) is 0 Å². The van der Waals surface area contributed by atoms with E-state index < -0.39 is 11.9 Å². The molecule has 1 aliphatic rings. The molecule has 0 atom stereocenters. The molecule has 0 aromatic heterocycles. The number of benzene rings is 1. The van der Waals surface area contributed by atoms with Crippen molar-refractivity contribution >= 4 is 33.9 Å². The van der Waals surface area contributed by atoms with Crippen molar-refractivity contribution in [3.63, 3.8) is 0 Å². The summed E-state index contributed by atoms with van der Waals surface area (Å²) in [7, 11) is 3.02. The van der Waals surface area contributed by atoms with E-state index in [1.54, 1.807) is 12.1 Å². The van der Waals surface area contributed by atoms with E-state index >= 15 is 0 Å². The molecule has 1 saturated heterocycles. The Morgan fingerprint density at radius 1 is 1.16 bits per heavy atom. The highest BCUT2D eigenvalue weighted by Gasteiger charge is 2.23. The SMILES string of the molecule is COc1cc(Br)cc(/C=C2\NC(=O)NC2=O)c1OC. The molecule has 3 amide bonds. The summed E-state index contributed by atoms with van der Waals surface area (Å²) in [5.41, 5.74) is 0.768. The first kappa shape index (κ1) is 13.4. The standard InChI is InChI=1S/C12H11BrN2O4/c1-18-9-5-7(13)3-6(10(9)19-2)4-8-11(16)15-12(17)14-8/h3-5H,1-2H3,(H2,14,15,16,17)/b8-4-. The number of hydrogen-bond donors (Lipinski definition) is 2. The fourth-order valence-electron chi connectivity index (χ4n) is 1.70. The number of carbonyl (C=O) groups excluding carboxylic acids is 2. The zero-order valence-electron chi connectivity index (χ0n) is 10.2. The van der Waals surface area contributed by atoms with Crippen LogP contribution >= 0.6 is 15.9 Å². The van der Waals surface area contributed by atoms with Crippen molar-refractivity contribution in [1.82, 2.24) is 10.6 Å². The van der Waals surface area contributed by atoms with Crippen LogP contribution in [0.3, 0.4) is 0 Å². The number of amides is 3. The Morgan fingerprint density at radius 2 is 1.89 bits per heavy atom. The minimum absolute atomic E-state index is 0.156. The molecule has 0 aliphatic carbocycles. The van der Waals surface area contributed by atoms with Crippen LogP contribution in [0.5, 0.6) is 11.5 Å². The van der Waals surface area contributed by atoms with E-state index in [1.165, 1.54) is 20.3 Å². The molecular formula is C12H11BrN2O4. The molecule has 1 heterocycles. The van der Waals surface area contributed by atoms with Crippen LogP contribution in [0, 0.1) is 0 Å². The molecule has 6 nitrogen and oxygen atoms in total. The lowest BCUT2D eigenvalue weighted by Gasteiger charge is -2.11. The van der Waals surface area contributed by atoms with E-state index in [4.69, 9.17) is 9.47 Å². The number of carbonyl (C=O) groups is 2. The third-order valence-corrected chi connectivity index (χ3v) is 2.95. The average molecular weight is 327 g/mol.